The van der Waals surface area contributed by atoms with Gasteiger partial charge >= 0.3 is 0 Å². The number of hydrogen-bond donors (Lipinski definition) is 1. The van der Waals surface area contributed by atoms with Crippen LogP contribution in [0.5, 0.6) is 0 Å². The summed E-state index contributed by atoms with van der Waals surface area (Å²) in [5.41, 5.74) is 1.48. The van der Waals surface area contributed by atoms with E-state index in [1.165, 1.54) is 28.8 Å². The number of amides is 1. The third-order valence-corrected chi connectivity index (χ3v) is 6.35. The minimum atomic E-state index is -0.502. The van der Waals surface area contributed by atoms with Crippen molar-refractivity contribution in [2.24, 2.45) is 0 Å². The van der Waals surface area contributed by atoms with E-state index in [0.717, 1.165) is 29.7 Å². The summed E-state index contributed by atoms with van der Waals surface area (Å²) in [6, 6.07) is 4.28. The van der Waals surface area contributed by atoms with Crippen LogP contribution < -0.4 is 10.9 Å². The molecule has 1 amide bonds. The van der Waals surface area contributed by atoms with E-state index in [2.05, 4.69) is 10.3 Å². The van der Waals surface area contributed by atoms with E-state index >= 15 is 0 Å². The average molecular weight is 413 g/mol. The molecule has 0 fully saturated rings. The van der Waals surface area contributed by atoms with Gasteiger partial charge in [0.1, 0.15) is 10.6 Å². The average Bonchev–Trinajstić information content (AvgIpc) is 3.26. The Hall–Kier alpha value is -2.87. The summed E-state index contributed by atoms with van der Waals surface area (Å²) in [6.45, 7) is 1.54. The van der Waals surface area contributed by atoms with Crippen LogP contribution in [0.3, 0.4) is 0 Å². The highest BCUT2D eigenvalue weighted by Crippen LogP contribution is 2.34. The van der Waals surface area contributed by atoms with Gasteiger partial charge in [0, 0.05) is 23.9 Å². The number of hydrogen-bond acceptors (Lipinski definition) is 5. The van der Waals surface area contributed by atoms with Gasteiger partial charge in [-0.25, -0.2) is 9.37 Å². The molecule has 2 aromatic heterocycles. The Kier molecular flexibility index (Phi) is 5.27. The molecule has 3 aromatic rings. The van der Waals surface area contributed by atoms with Crippen LogP contribution in [0.15, 0.2) is 29.3 Å². The Morgan fingerprint density at radius 2 is 2.14 bits per heavy atom. The van der Waals surface area contributed by atoms with Crippen molar-refractivity contribution in [3.05, 3.63) is 62.3 Å². The summed E-state index contributed by atoms with van der Waals surface area (Å²) in [6.07, 6.45) is 4.62. The van der Waals surface area contributed by atoms with E-state index in [0.29, 0.717) is 23.9 Å². The molecule has 2 heterocycles. The molecule has 0 saturated carbocycles. The molecule has 0 atom stereocenters. The Bertz CT molecular complexity index is 1180. The Morgan fingerprint density at radius 1 is 1.31 bits per heavy atom. The number of benzene rings is 1. The van der Waals surface area contributed by atoms with Crippen LogP contribution in [0.4, 0.5) is 4.39 Å². The Morgan fingerprint density at radius 3 is 2.90 bits per heavy atom. The van der Waals surface area contributed by atoms with Crippen LogP contribution >= 0.6 is 11.3 Å². The zero-order chi connectivity index (χ0) is 20.5. The van der Waals surface area contributed by atoms with E-state index in [1.807, 2.05) is 0 Å². The number of halogens is 1. The third-order valence-electron chi connectivity index (χ3n) is 5.15. The number of aryl methyl sites for hydroxylation is 2. The summed E-state index contributed by atoms with van der Waals surface area (Å²) in [5, 5.41) is 3.23. The fraction of sp³-hybridized carbons (Fsp3) is 0.333. The van der Waals surface area contributed by atoms with Crippen LogP contribution in [0, 0.1) is 5.82 Å². The lowest BCUT2D eigenvalue weighted by Crippen LogP contribution is -2.25. The molecule has 29 heavy (non-hydrogen) atoms. The minimum Gasteiger partial charge on any atom is -0.356 e. The molecule has 4 rings (SSSR count). The molecule has 0 bridgehead atoms. The highest BCUT2D eigenvalue weighted by Gasteiger charge is 2.22. The summed E-state index contributed by atoms with van der Waals surface area (Å²) in [4.78, 5) is 42.7. The van der Waals surface area contributed by atoms with E-state index in [-0.39, 0.29) is 29.4 Å². The first-order valence-electron chi connectivity index (χ1n) is 9.50. The van der Waals surface area contributed by atoms with Gasteiger partial charge in [-0.1, -0.05) is 12.1 Å². The number of aromatic nitrogens is 2. The van der Waals surface area contributed by atoms with Gasteiger partial charge < -0.3 is 5.32 Å². The molecular weight excluding hydrogens is 393 g/mol. The lowest BCUT2D eigenvalue weighted by atomic mass is 10.1. The summed E-state index contributed by atoms with van der Waals surface area (Å²) >= 11 is 1.55. The van der Waals surface area contributed by atoms with Crippen LogP contribution in [0.1, 0.15) is 39.7 Å². The van der Waals surface area contributed by atoms with E-state index < -0.39 is 5.82 Å². The zero-order valence-corrected chi connectivity index (χ0v) is 16.8. The van der Waals surface area contributed by atoms with Gasteiger partial charge in [0.15, 0.2) is 5.78 Å². The Balaban J connectivity index is 1.54. The second kappa shape index (κ2) is 7.87. The predicted octanol–water partition coefficient (Wildman–Crippen LogP) is 2.65. The van der Waals surface area contributed by atoms with Crippen LogP contribution in [0.25, 0.3) is 10.2 Å². The quantitative estimate of drug-likeness (QED) is 0.630. The smallest absolute Gasteiger partial charge is 0.262 e. The SMILES string of the molecule is CC(=O)NCCc1ccc(C(=O)Cn2cnc3sc4c(c3c2=O)CCC4)cc1F. The number of rotatable bonds is 6. The van der Waals surface area contributed by atoms with Crippen molar-refractivity contribution in [1.82, 2.24) is 14.9 Å². The molecule has 0 saturated heterocycles. The number of ketones is 1. The first-order valence-corrected chi connectivity index (χ1v) is 10.3. The highest BCUT2D eigenvalue weighted by molar-refractivity contribution is 7.18. The second-order valence-electron chi connectivity index (χ2n) is 7.18. The van der Waals surface area contributed by atoms with E-state index in [9.17, 15) is 18.8 Å². The van der Waals surface area contributed by atoms with Gasteiger partial charge in [-0.15, -0.1) is 11.3 Å². The second-order valence-corrected chi connectivity index (χ2v) is 8.26. The topological polar surface area (TPSA) is 81.1 Å². The standard InChI is InChI=1S/C21H20FN3O3S/c1-12(26)23-8-7-13-5-6-14(9-16(13)22)17(27)10-25-11-24-20-19(21(25)28)15-3-2-4-18(15)29-20/h5-6,9,11H,2-4,7-8,10H2,1H3,(H,23,26). The largest absolute Gasteiger partial charge is 0.356 e. The van der Waals surface area contributed by atoms with Crippen LogP contribution in [-0.4, -0.2) is 27.8 Å². The number of thiophene rings is 1. The number of Topliss-reactive ketones (excluding diaryl/α,β-unsaturated/α-hetero) is 1. The van der Waals surface area contributed by atoms with Crippen LogP contribution in [-0.2, 0) is 30.6 Å². The number of carbonyl (C=O) groups is 2. The maximum absolute atomic E-state index is 14.3. The van der Waals surface area contributed by atoms with Crippen molar-refractivity contribution < 1.29 is 14.0 Å². The Labute approximate surface area is 170 Å². The summed E-state index contributed by atoms with van der Waals surface area (Å²) in [5.74, 6) is -1.03. The van der Waals surface area contributed by atoms with Crippen molar-refractivity contribution >= 4 is 33.2 Å². The first-order chi connectivity index (χ1) is 13.9. The molecule has 1 N–H and O–H groups in total. The number of nitrogens with one attached hydrogen (secondary N) is 1. The van der Waals surface area contributed by atoms with Crippen molar-refractivity contribution in [1.29, 1.82) is 0 Å². The lowest BCUT2D eigenvalue weighted by Gasteiger charge is -2.08. The van der Waals surface area contributed by atoms with E-state index in [1.54, 1.807) is 23.5 Å². The molecule has 0 spiro atoms. The molecule has 150 valence electrons. The van der Waals surface area contributed by atoms with Crippen molar-refractivity contribution in [3.63, 3.8) is 0 Å². The number of fused-ring (bicyclic) bond motifs is 3. The normalized spacial score (nSPS) is 12.9. The molecule has 1 aliphatic carbocycles. The summed E-state index contributed by atoms with van der Waals surface area (Å²) in [7, 11) is 0. The fourth-order valence-electron chi connectivity index (χ4n) is 3.67. The molecule has 0 aliphatic heterocycles. The molecule has 6 nitrogen and oxygen atoms in total. The molecule has 1 aliphatic rings. The summed E-state index contributed by atoms with van der Waals surface area (Å²) < 4.78 is 15.6. The number of nitrogens with zero attached hydrogens (tertiary/aromatic N) is 2. The van der Waals surface area contributed by atoms with Crippen molar-refractivity contribution in [3.8, 4) is 0 Å². The lowest BCUT2D eigenvalue weighted by molar-refractivity contribution is -0.118. The molecule has 8 heteroatoms. The molecule has 0 radical (unpaired) electrons. The minimum absolute atomic E-state index is 0.176. The van der Waals surface area contributed by atoms with Gasteiger partial charge in [0.2, 0.25) is 5.91 Å². The highest BCUT2D eigenvalue weighted by atomic mass is 32.1. The van der Waals surface area contributed by atoms with Gasteiger partial charge in [-0.05, 0) is 42.9 Å². The van der Waals surface area contributed by atoms with Crippen LogP contribution in [0.2, 0.25) is 0 Å². The molecule has 1 aromatic carbocycles. The third kappa shape index (κ3) is 3.85. The van der Waals surface area contributed by atoms with Crippen molar-refractivity contribution in [2.75, 3.05) is 6.54 Å². The maximum atomic E-state index is 14.3. The molecule has 0 unspecified atom stereocenters. The monoisotopic (exact) mass is 413 g/mol. The van der Waals surface area contributed by atoms with Gasteiger partial charge in [-0.2, -0.15) is 0 Å². The van der Waals surface area contributed by atoms with Gasteiger partial charge in [-0.3, -0.25) is 19.0 Å². The maximum Gasteiger partial charge on any atom is 0.262 e. The first kappa shape index (κ1) is 19.4. The van der Waals surface area contributed by atoms with Gasteiger partial charge in [0.25, 0.3) is 5.56 Å². The van der Waals surface area contributed by atoms with Gasteiger partial charge in [0.05, 0.1) is 18.3 Å². The van der Waals surface area contributed by atoms with Crippen molar-refractivity contribution in [2.45, 2.75) is 39.2 Å². The molecular formula is C21H20FN3O3S. The van der Waals surface area contributed by atoms with E-state index in [4.69, 9.17) is 0 Å². The zero-order valence-electron chi connectivity index (χ0n) is 16.0. The fourth-order valence-corrected chi connectivity index (χ4v) is 4.89. The number of carbonyl (C=O) groups excluding carboxylic acids is 2. The predicted molar refractivity (Wildman–Crippen MR) is 109 cm³/mol.